The van der Waals surface area contributed by atoms with Crippen molar-refractivity contribution in [3.05, 3.63) is 5.82 Å². The lowest BCUT2D eigenvalue weighted by Crippen LogP contribution is -2.29. The molecule has 2 heterocycles. The lowest BCUT2D eigenvalue weighted by molar-refractivity contribution is -0.144. The molecule has 0 aliphatic carbocycles. The van der Waals surface area contributed by atoms with Crippen molar-refractivity contribution >= 4 is 16.7 Å². The molecule has 0 unspecified atom stereocenters. The minimum Gasteiger partial charge on any atom is -0.359 e. The van der Waals surface area contributed by atoms with Gasteiger partial charge in [0.05, 0.1) is 0 Å². The van der Waals surface area contributed by atoms with Gasteiger partial charge in [0, 0.05) is 24.6 Å². The summed E-state index contributed by atoms with van der Waals surface area (Å²) >= 11 is 0.756. The van der Waals surface area contributed by atoms with Crippen molar-refractivity contribution in [2.75, 3.05) is 31.5 Å². The number of halogens is 3. The second-order valence-corrected chi connectivity index (χ2v) is 5.36. The van der Waals surface area contributed by atoms with Crippen LogP contribution in [0.4, 0.5) is 18.3 Å². The Bertz CT molecular complexity index is 386. The van der Waals surface area contributed by atoms with Crippen LogP contribution in [0.5, 0.6) is 0 Å². The first kappa shape index (κ1) is 14.5. The number of anilines is 1. The van der Waals surface area contributed by atoms with Crippen LogP contribution in [0.15, 0.2) is 0 Å². The van der Waals surface area contributed by atoms with Gasteiger partial charge in [-0.25, -0.2) is 0 Å². The van der Waals surface area contributed by atoms with Crippen LogP contribution in [-0.2, 0) is 6.18 Å². The SMILES string of the molecule is FC(F)(F)c1nsc(NCCN2CCCCCC2)n1. The molecule has 1 N–H and O–H groups in total. The van der Waals surface area contributed by atoms with Crippen LogP contribution in [0.2, 0.25) is 0 Å². The summed E-state index contributed by atoms with van der Waals surface area (Å²) in [5.74, 6) is -1.06. The van der Waals surface area contributed by atoms with E-state index in [9.17, 15) is 13.2 Å². The van der Waals surface area contributed by atoms with E-state index in [4.69, 9.17) is 0 Å². The second-order valence-electron chi connectivity index (χ2n) is 4.60. The first-order valence-corrected chi connectivity index (χ1v) is 7.20. The topological polar surface area (TPSA) is 41.1 Å². The lowest BCUT2D eigenvalue weighted by atomic mass is 10.2. The number of rotatable bonds is 4. The zero-order valence-corrected chi connectivity index (χ0v) is 11.4. The molecule has 108 valence electrons. The molecule has 1 aromatic heterocycles. The van der Waals surface area contributed by atoms with Gasteiger partial charge in [0.2, 0.25) is 11.0 Å². The first-order chi connectivity index (χ1) is 9.05. The Morgan fingerprint density at radius 1 is 1.16 bits per heavy atom. The van der Waals surface area contributed by atoms with Crippen LogP contribution in [-0.4, -0.2) is 40.4 Å². The average molecular weight is 294 g/mol. The van der Waals surface area contributed by atoms with Gasteiger partial charge in [0.15, 0.2) is 0 Å². The molecule has 0 aromatic carbocycles. The number of nitrogens with zero attached hydrogens (tertiary/aromatic N) is 3. The van der Waals surface area contributed by atoms with Crippen LogP contribution in [0, 0.1) is 0 Å². The quantitative estimate of drug-likeness (QED) is 0.927. The molecular weight excluding hydrogens is 277 g/mol. The highest BCUT2D eigenvalue weighted by atomic mass is 32.1. The maximum atomic E-state index is 12.3. The molecule has 0 bridgehead atoms. The Balaban J connectivity index is 1.74. The molecule has 4 nitrogen and oxygen atoms in total. The van der Waals surface area contributed by atoms with Crippen molar-refractivity contribution in [1.82, 2.24) is 14.3 Å². The van der Waals surface area contributed by atoms with Crippen LogP contribution < -0.4 is 5.32 Å². The molecule has 0 amide bonds. The van der Waals surface area contributed by atoms with Gasteiger partial charge < -0.3 is 10.2 Å². The average Bonchev–Trinajstić information content (AvgIpc) is 2.67. The molecule has 19 heavy (non-hydrogen) atoms. The van der Waals surface area contributed by atoms with E-state index in [0.717, 1.165) is 31.2 Å². The molecule has 1 aliphatic heterocycles. The van der Waals surface area contributed by atoms with Gasteiger partial charge in [-0.2, -0.15) is 22.5 Å². The predicted molar refractivity (Wildman–Crippen MR) is 68.3 cm³/mol. The molecular formula is C11H17F3N4S. The van der Waals surface area contributed by atoms with Crippen LogP contribution in [0.1, 0.15) is 31.5 Å². The second kappa shape index (κ2) is 6.51. The Morgan fingerprint density at radius 2 is 1.84 bits per heavy atom. The van der Waals surface area contributed by atoms with Gasteiger partial charge in [-0.15, -0.1) is 0 Å². The fourth-order valence-corrected chi connectivity index (χ4v) is 2.70. The van der Waals surface area contributed by atoms with Gasteiger partial charge >= 0.3 is 6.18 Å². The Morgan fingerprint density at radius 3 is 2.42 bits per heavy atom. The monoisotopic (exact) mass is 294 g/mol. The van der Waals surface area contributed by atoms with Crippen molar-refractivity contribution in [2.45, 2.75) is 31.9 Å². The molecule has 1 saturated heterocycles. The fourth-order valence-electron chi connectivity index (χ4n) is 2.09. The number of nitrogens with one attached hydrogen (secondary N) is 1. The third-order valence-corrected chi connectivity index (χ3v) is 3.76. The lowest BCUT2D eigenvalue weighted by Gasteiger charge is -2.19. The standard InChI is InChI=1S/C11H17F3N4S/c12-11(13,14)9-16-10(19-17-9)15-5-8-18-6-3-1-2-4-7-18/h1-8H2,(H,15,16,17). The third-order valence-electron chi connectivity index (χ3n) is 3.08. The van der Waals surface area contributed by atoms with E-state index in [1.54, 1.807) is 0 Å². The molecule has 1 fully saturated rings. The summed E-state index contributed by atoms with van der Waals surface area (Å²) in [5.41, 5.74) is 0. The minimum absolute atomic E-state index is 0.238. The van der Waals surface area contributed by atoms with Crippen molar-refractivity contribution < 1.29 is 13.2 Å². The largest absolute Gasteiger partial charge is 0.452 e. The summed E-state index contributed by atoms with van der Waals surface area (Å²) in [7, 11) is 0. The maximum absolute atomic E-state index is 12.3. The predicted octanol–water partition coefficient (Wildman–Crippen LogP) is 2.84. The summed E-state index contributed by atoms with van der Waals surface area (Å²) < 4.78 is 40.2. The van der Waals surface area contributed by atoms with Crippen LogP contribution >= 0.6 is 11.5 Å². The van der Waals surface area contributed by atoms with E-state index in [0.29, 0.717) is 6.54 Å². The normalized spacial score (nSPS) is 18.3. The van der Waals surface area contributed by atoms with Gasteiger partial charge in [-0.1, -0.05) is 12.8 Å². The first-order valence-electron chi connectivity index (χ1n) is 6.43. The van der Waals surface area contributed by atoms with Crippen LogP contribution in [0.25, 0.3) is 0 Å². The molecule has 0 atom stereocenters. The van der Waals surface area contributed by atoms with Crippen molar-refractivity contribution in [3.8, 4) is 0 Å². The highest BCUT2D eigenvalue weighted by molar-refractivity contribution is 7.09. The number of hydrogen-bond donors (Lipinski definition) is 1. The summed E-state index contributed by atoms with van der Waals surface area (Å²) in [5, 5.41) is 3.15. The molecule has 0 spiro atoms. The zero-order chi connectivity index (χ0) is 13.7. The smallest absolute Gasteiger partial charge is 0.359 e. The molecule has 1 aromatic rings. The van der Waals surface area contributed by atoms with Gasteiger partial charge in [0.25, 0.3) is 0 Å². The molecule has 0 saturated carbocycles. The van der Waals surface area contributed by atoms with Gasteiger partial charge in [0.1, 0.15) is 0 Å². The third kappa shape index (κ3) is 4.61. The summed E-state index contributed by atoms with van der Waals surface area (Å²) in [6.45, 7) is 3.59. The number of likely N-dealkylation sites (tertiary alicyclic amines) is 1. The van der Waals surface area contributed by atoms with Crippen molar-refractivity contribution in [3.63, 3.8) is 0 Å². The van der Waals surface area contributed by atoms with E-state index in [1.807, 2.05) is 0 Å². The van der Waals surface area contributed by atoms with E-state index in [2.05, 4.69) is 19.6 Å². The number of aromatic nitrogens is 2. The van der Waals surface area contributed by atoms with E-state index >= 15 is 0 Å². The summed E-state index contributed by atoms with van der Waals surface area (Å²) in [6.07, 6.45) is 0.500. The number of hydrogen-bond acceptors (Lipinski definition) is 5. The van der Waals surface area contributed by atoms with Crippen molar-refractivity contribution in [2.24, 2.45) is 0 Å². The fraction of sp³-hybridized carbons (Fsp3) is 0.818. The highest BCUT2D eigenvalue weighted by Gasteiger charge is 2.36. The maximum Gasteiger partial charge on any atom is 0.452 e. The minimum atomic E-state index is -4.46. The van der Waals surface area contributed by atoms with E-state index in [1.165, 1.54) is 25.7 Å². The van der Waals surface area contributed by atoms with E-state index in [-0.39, 0.29) is 5.13 Å². The molecule has 1 aliphatic rings. The van der Waals surface area contributed by atoms with Gasteiger partial charge in [-0.05, 0) is 25.9 Å². The summed E-state index contributed by atoms with van der Waals surface area (Å²) in [4.78, 5) is 5.77. The van der Waals surface area contributed by atoms with Gasteiger partial charge in [-0.3, -0.25) is 0 Å². The molecule has 8 heteroatoms. The highest BCUT2D eigenvalue weighted by Crippen LogP contribution is 2.28. The van der Waals surface area contributed by atoms with Crippen molar-refractivity contribution in [1.29, 1.82) is 0 Å². The Hall–Kier alpha value is -0.890. The summed E-state index contributed by atoms with van der Waals surface area (Å²) in [6, 6.07) is 0. The Labute approximate surface area is 114 Å². The molecule has 2 rings (SSSR count). The van der Waals surface area contributed by atoms with E-state index < -0.39 is 12.0 Å². The molecule has 0 radical (unpaired) electrons. The number of alkyl halides is 3. The Kier molecular flexibility index (Phi) is 4.98. The zero-order valence-electron chi connectivity index (χ0n) is 10.5. The van der Waals surface area contributed by atoms with Crippen LogP contribution in [0.3, 0.4) is 0 Å².